The molecule has 0 bridgehead atoms. The Labute approximate surface area is 182 Å². The van der Waals surface area contributed by atoms with Crippen molar-refractivity contribution in [1.82, 2.24) is 14.8 Å². The summed E-state index contributed by atoms with van der Waals surface area (Å²) in [6.45, 7) is 0.126. The molecule has 5 aromatic rings. The SMILES string of the molecule is Cn1nc(-c2nc3ccccc3s2)c2cc(OCC#CC(=O)c3ccccc3)ccc21. The third kappa shape index (κ3) is 3.79. The van der Waals surface area contributed by atoms with E-state index in [1.54, 1.807) is 23.5 Å². The summed E-state index contributed by atoms with van der Waals surface area (Å²) in [5, 5.41) is 6.52. The van der Waals surface area contributed by atoms with Gasteiger partial charge in [0.15, 0.2) is 0 Å². The smallest absolute Gasteiger partial charge is 0.236 e. The molecule has 0 saturated carbocycles. The summed E-state index contributed by atoms with van der Waals surface area (Å²) in [5.74, 6) is 5.87. The molecule has 0 aliphatic rings. The van der Waals surface area contributed by atoms with Crippen LogP contribution in [0.4, 0.5) is 0 Å². The molecule has 0 fully saturated rings. The molecule has 150 valence electrons. The Kier molecular flexibility index (Phi) is 4.95. The topological polar surface area (TPSA) is 57.0 Å². The van der Waals surface area contributed by atoms with Gasteiger partial charge in [-0.3, -0.25) is 9.48 Å². The Morgan fingerprint density at radius 2 is 1.87 bits per heavy atom. The van der Waals surface area contributed by atoms with Crippen LogP contribution in [0, 0.1) is 11.8 Å². The molecular weight excluding hydrogens is 406 g/mol. The lowest BCUT2D eigenvalue weighted by atomic mass is 10.1. The highest BCUT2D eigenvalue weighted by atomic mass is 32.1. The van der Waals surface area contributed by atoms with Crippen LogP contribution in [0.3, 0.4) is 0 Å². The van der Waals surface area contributed by atoms with Gasteiger partial charge < -0.3 is 4.74 Å². The van der Waals surface area contributed by atoms with E-state index in [0.717, 1.165) is 31.8 Å². The largest absolute Gasteiger partial charge is 0.481 e. The number of ketones is 1. The first-order valence-electron chi connectivity index (χ1n) is 9.73. The summed E-state index contributed by atoms with van der Waals surface area (Å²) in [6, 6.07) is 22.9. The number of fused-ring (bicyclic) bond motifs is 2. The minimum Gasteiger partial charge on any atom is -0.481 e. The zero-order chi connectivity index (χ0) is 21.2. The maximum atomic E-state index is 12.1. The lowest BCUT2D eigenvalue weighted by molar-refractivity contribution is 0.105. The number of carbonyl (C=O) groups is 1. The van der Waals surface area contributed by atoms with Crippen LogP contribution in [0.2, 0.25) is 0 Å². The molecular formula is C25H17N3O2S. The Morgan fingerprint density at radius 1 is 1.06 bits per heavy atom. The third-order valence-corrected chi connectivity index (χ3v) is 5.91. The van der Waals surface area contributed by atoms with Gasteiger partial charge in [-0.1, -0.05) is 48.4 Å². The van der Waals surface area contributed by atoms with E-state index < -0.39 is 0 Å². The third-order valence-electron chi connectivity index (χ3n) is 4.87. The van der Waals surface area contributed by atoms with E-state index in [9.17, 15) is 4.79 Å². The summed E-state index contributed by atoms with van der Waals surface area (Å²) >= 11 is 1.62. The highest BCUT2D eigenvalue weighted by Crippen LogP contribution is 2.35. The Hall–Kier alpha value is -3.95. The van der Waals surface area contributed by atoms with Gasteiger partial charge in [0.05, 0.1) is 15.7 Å². The van der Waals surface area contributed by atoms with Crippen LogP contribution in [0.5, 0.6) is 5.75 Å². The first-order chi connectivity index (χ1) is 15.2. The van der Waals surface area contributed by atoms with Gasteiger partial charge in [0.2, 0.25) is 5.78 Å². The van der Waals surface area contributed by atoms with Crippen molar-refractivity contribution in [3.05, 3.63) is 78.4 Å². The van der Waals surface area contributed by atoms with Crippen molar-refractivity contribution < 1.29 is 9.53 Å². The summed E-state index contributed by atoms with van der Waals surface area (Å²) in [7, 11) is 1.92. The molecule has 0 aliphatic carbocycles. The second-order valence-electron chi connectivity index (χ2n) is 6.92. The van der Waals surface area contributed by atoms with Gasteiger partial charge in [-0.25, -0.2) is 4.98 Å². The second-order valence-corrected chi connectivity index (χ2v) is 7.95. The summed E-state index contributed by atoms with van der Waals surface area (Å²) in [5.41, 5.74) is 3.36. The standard InChI is InChI=1S/C25H17N3O2S/c1-28-21-14-13-18(30-15-7-11-22(29)17-8-3-2-4-9-17)16-19(21)24(27-28)25-26-20-10-5-6-12-23(20)31-25/h2-6,8-10,12-14,16H,15H2,1H3. The highest BCUT2D eigenvalue weighted by Gasteiger charge is 2.15. The average molecular weight is 423 g/mol. The average Bonchev–Trinajstić information content (AvgIpc) is 3.38. The summed E-state index contributed by atoms with van der Waals surface area (Å²) in [6.07, 6.45) is 0. The predicted octanol–water partition coefficient (Wildman–Crippen LogP) is 5.12. The number of carbonyl (C=O) groups excluding carboxylic acids is 1. The first kappa shape index (κ1) is 19.0. The van der Waals surface area contributed by atoms with E-state index in [-0.39, 0.29) is 12.4 Å². The highest BCUT2D eigenvalue weighted by molar-refractivity contribution is 7.21. The van der Waals surface area contributed by atoms with Crippen molar-refractivity contribution >= 4 is 38.2 Å². The van der Waals surface area contributed by atoms with Gasteiger partial charge in [0.1, 0.15) is 23.1 Å². The van der Waals surface area contributed by atoms with Crippen LogP contribution in [0.25, 0.3) is 31.8 Å². The molecule has 0 saturated heterocycles. The number of para-hydroxylation sites is 1. The fraction of sp³-hybridized carbons (Fsp3) is 0.0800. The van der Waals surface area contributed by atoms with Crippen LogP contribution in [0.15, 0.2) is 72.8 Å². The van der Waals surface area contributed by atoms with Gasteiger partial charge in [0.25, 0.3) is 0 Å². The van der Waals surface area contributed by atoms with E-state index in [0.29, 0.717) is 11.3 Å². The molecule has 0 amide bonds. The van der Waals surface area contributed by atoms with Crippen LogP contribution < -0.4 is 4.74 Å². The van der Waals surface area contributed by atoms with E-state index in [4.69, 9.17) is 9.72 Å². The van der Waals surface area contributed by atoms with Gasteiger partial charge in [-0.15, -0.1) is 11.3 Å². The van der Waals surface area contributed by atoms with Crippen molar-refractivity contribution in [3.63, 3.8) is 0 Å². The number of nitrogens with zero attached hydrogens (tertiary/aromatic N) is 3. The zero-order valence-corrected chi connectivity index (χ0v) is 17.5. The normalized spacial score (nSPS) is 10.7. The second kappa shape index (κ2) is 8.05. The lowest BCUT2D eigenvalue weighted by Gasteiger charge is -2.02. The molecule has 0 atom stereocenters. The maximum absolute atomic E-state index is 12.1. The summed E-state index contributed by atoms with van der Waals surface area (Å²) < 4.78 is 8.75. The number of hydrogen-bond acceptors (Lipinski definition) is 5. The molecule has 0 aliphatic heterocycles. The number of ether oxygens (including phenoxy) is 1. The van der Waals surface area contributed by atoms with Crippen molar-refractivity contribution in [2.24, 2.45) is 7.05 Å². The Balaban J connectivity index is 1.39. The molecule has 2 aromatic heterocycles. The number of thiazole rings is 1. The molecule has 0 spiro atoms. The first-order valence-corrected chi connectivity index (χ1v) is 10.5. The molecule has 3 aromatic carbocycles. The van der Waals surface area contributed by atoms with Crippen LogP contribution >= 0.6 is 11.3 Å². The molecule has 6 heteroatoms. The Bertz CT molecular complexity index is 1440. The van der Waals surface area contributed by atoms with Crippen molar-refractivity contribution in [2.75, 3.05) is 6.61 Å². The minimum absolute atomic E-state index is 0.126. The maximum Gasteiger partial charge on any atom is 0.236 e. The molecule has 2 heterocycles. The fourth-order valence-electron chi connectivity index (χ4n) is 3.36. The molecule has 0 unspecified atom stereocenters. The molecule has 5 nitrogen and oxygen atoms in total. The van der Waals surface area contributed by atoms with E-state index in [1.807, 2.05) is 66.3 Å². The lowest BCUT2D eigenvalue weighted by Crippen LogP contribution is -1.97. The minimum atomic E-state index is -0.218. The molecule has 5 rings (SSSR count). The zero-order valence-electron chi connectivity index (χ0n) is 16.7. The van der Waals surface area contributed by atoms with Crippen molar-refractivity contribution in [3.8, 4) is 28.3 Å². The van der Waals surface area contributed by atoms with Crippen LogP contribution in [0.1, 0.15) is 10.4 Å². The Morgan fingerprint density at radius 3 is 2.71 bits per heavy atom. The van der Waals surface area contributed by atoms with Gasteiger partial charge in [-0.05, 0) is 36.3 Å². The number of hydrogen-bond donors (Lipinski definition) is 0. The summed E-state index contributed by atoms with van der Waals surface area (Å²) in [4.78, 5) is 16.8. The predicted molar refractivity (Wildman–Crippen MR) is 123 cm³/mol. The molecule has 0 radical (unpaired) electrons. The van der Waals surface area contributed by atoms with E-state index in [1.165, 1.54) is 0 Å². The van der Waals surface area contributed by atoms with Crippen LogP contribution in [-0.4, -0.2) is 27.2 Å². The molecule has 0 N–H and O–H groups in total. The van der Waals surface area contributed by atoms with Gasteiger partial charge >= 0.3 is 0 Å². The fourth-order valence-corrected chi connectivity index (χ4v) is 4.33. The van der Waals surface area contributed by atoms with E-state index >= 15 is 0 Å². The number of benzene rings is 3. The quantitative estimate of drug-likeness (QED) is 0.229. The number of rotatable bonds is 4. The van der Waals surface area contributed by atoms with Gasteiger partial charge in [-0.2, -0.15) is 5.10 Å². The van der Waals surface area contributed by atoms with Crippen LogP contribution in [-0.2, 0) is 7.05 Å². The van der Waals surface area contributed by atoms with Crippen molar-refractivity contribution in [1.29, 1.82) is 0 Å². The number of aromatic nitrogens is 3. The van der Waals surface area contributed by atoms with E-state index in [2.05, 4.69) is 23.0 Å². The van der Waals surface area contributed by atoms with Crippen molar-refractivity contribution in [2.45, 2.75) is 0 Å². The monoisotopic (exact) mass is 423 g/mol. The van der Waals surface area contributed by atoms with Gasteiger partial charge in [0, 0.05) is 18.0 Å². The number of aryl methyl sites for hydroxylation is 1. The molecule has 31 heavy (non-hydrogen) atoms. The number of Topliss-reactive ketones (excluding diaryl/α,β-unsaturated/α-hetero) is 1.